The van der Waals surface area contributed by atoms with Gasteiger partial charge in [0.05, 0.1) is 17.8 Å². The molecule has 0 aliphatic carbocycles. The van der Waals surface area contributed by atoms with Gasteiger partial charge in [-0.25, -0.2) is 9.69 Å². The van der Waals surface area contributed by atoms with Crippen LogP contribution in [0.2, 0.25) is 5.02 Å². The zero-order valence-corrected chi connectivity index (χ0v) is 21.6. The Labute approximate surface area is 228 Å². The van der Waals surface area contributed by atoms with E-state index in [1.165, 1.54) is 25.3 Å². The summed E-state index contributed by atoms with van der Waals surface area (Å²) in [4.78, 5) is 39.9. The number of carbonyl (C=O) groups excluding carboxylic acids is 3. The molecule has 5 aromatic rings. The molecule has 0 unspecified atom stereocenters. The van der Waals surface area contributed by atoms with Crippen molar-refractivity contribution < 1.29 is 19.1 Å². The fourth-order valence-electron chi connectivity index (χ4n) is 4.98. The topological polar surface area (TPSA) is 80.6 Å². The average Bonchev–Trinajstić information content (AvgIpc) is 3.28. The van der Waals surface area contributed by atoms with Crippen molar-refractivity contribution in [2.45, 2.75) is 6.54 Å². The van der Waals surface area contributed by atoms with Crippen LogP contribution >= 0.6 is 11.6 Å². The number of rotatable bonds is 5. The molecule has 0 spiro atoms. The maximum atomic E-state index is 13.5. The molecule has 8 heteroatoms. The van der Waals surface area contributed by atoms with E-state index in [0.717, 1.165) is 32.1 Å². The van der Waals surface area contributed by atoms with Crippen LogP contribution in [0, 0.1) is 0 Å². The van der Waals surface area contributed by atoms with E-state index in [1.54, 1.807) is 6.07 Å². The van der Waals surface area contributed by atoms with Crippen LogP contribution in [0.25, 0.3) is 27.8 Å². The highest BCUT2D eigenvalue weighted by molar-refractivity contribution is 6.40. The van der Waals surface area contributed by atoms with E-state index in [0.29, 0.717) is 17.9 Å². The normalized spacial score (nSPS) is 14.9. The van der Waals surface area contributed by atoms with Crippen LogP contribution in [0.3, 0.4) is 0 Å². The number of imide groups is 2. The largest absolute Gasteiger partial charge is 0.495 e. The maximum absolute atomic E-state index is 13.5. The molecule has 2 heterocycles. The summed E-state index contributed by atoms with van der Waals surface area (Å²) in [5.41, 5.74) is 2.85. The summed E-state index contributed by atoms with van der Waals surface area (Å²) < 4.78 is 7.26. The Bertz CT molecular complexity index is 1830. The van der Waals surface area contributed by atoms with Gasteiger partial charge in [0.2, 0.25) is 0 Å². The molecule has 4 aromatic carbocycles. The van der Waals surface area contributed by atoms with Gasteiger partial charge in [0.25, 0.3) is 11.8 Å². The van der Waals surface area contributed by atoms with Crippen molar-refractivity contribution >= 4 is 62.9 Å². The minimum absolute atomic E-state index is 0.158. The summed E-state index contributed by atoms with van der Waals surface area (Å²) in [5, 5.41) is 5.69. The van der Waals surface area contributed by atoms with Crippen LogP contribution in [-0.2, 0) is 16.1 Å². The van der Waals surface area contributed by atoms with Crippen molar-refractivity contribution in [1.82, 2.24) is 9.88 Å². The van der Waals surface area contributed by atoms with Gasteiger partial charge in [0, 0.05) is 29.2 Å². The SMILES string of the molecule is COc1ccc(N2C(=O)NC(=O)/C(=C\c3cn(Cc4cccc5ccccc45)c4ccccc34)C2=O)cc1Cl. The van der Waals surface area contributed by atoms with Gasteiger partial charge in [0.1, 0.15) is 11.3 Å². The molecule has 1 aromatic heterocycles. The number of nitrogens with one attached hydrogen (secondary N) is 1. The van der Waals surface area contributed by atoms with Crippen molar-refractivity contribution in [2.75, 3.05) is 12.0 Å². The van der Waals surface area contributed by atoms with Crippen molar-refractivity contribution in [3.63, 3.8) is 0 Å². The van der Waals surface area contributed by atoms with E-state index < -0.39 is 17.8 Å². The van der Waals surface area contributed by atoms with Gasteiger partial charge >= 0.3 is 6.03 Å². The first-order valence-electron chi connectivity index (χ1n) is 12.2. The highest BCUT2D eigenvalue weighted by atomic mass is 35.5. The fraction of sp³-hybridized carbons (Fsp3) is 0.0645. The lowest BCUT2D eigenvalue weighted by molar-refractivity contribution is -0.122. The number of nitrogens with zero attached hydrogens (tertiary/aromatic N) is 2. The van der Waals surface area contributed by atoms with Gasteiger partial charge in [-0.15, -0.1) is 0 Å². The van der Waals surface area contributed by atoms with Crippen molar-refractivity contribution in [2.24, 2.45) is 0 Å². The Morgan fingerprint density at radius 2 is 1.64 bits per heavy atom. The second-order valence-corrected chi connectivity index (χ2v) is 9.55. The quantitative estimate of drug-likeness (QED) is 0.215. The molecule has 1 N–H and O–H groups in total. The van der Waals surface area contributed by atoms with Gasteiger partial charge in [0.15, 0.2) is 0 Å². The minimum Gasteiger partial charge on any atom is -0.495 e. The average molecular weight is 536 g/mol. The van der Waals surface area contributed by atoms with Crippen molar-refractivity contribution in [3.8, 4) is 5.75 Å². The molecule has 39 heavy (non-hydrogen) atoms. The highest BCUT2D eigenvalue weighted by Crippen LogP contribution is 2.32. The zero-order chi connectivity index (χ0) is 27.1. The molecule has 1 saturated heterocycles. The van der Waals surface area contributed by atoms with Gasteiger partial charge < -0.3 is 9.30 Å². The third-order valence-electron chi connectivity index (χ3n) is 6.84. The molecule has 4 amide bonds. The van der Waals surface area contributed by atoms with Crippen LogP contribution in [0.15, 0.2) is 96.7 Å². The lowest BCUT2D eigenvalue weighted by atomic mass is 10.0. The molecule has 192 valence electrons. The molecule has 1 aliphatic heterocycles. The summed E-state index contributed by atoms with van der Waals surface area (Å²) in [6.45, 7) is 0.597. The number of barbiturate groups is 1. The van der Waals surface area contributed by atoms with Crippen molar-refractivity contribution in [3.05, 3.63) is 113 Å². The van der Waals surface area contributed by atoms with Gasteiger partial charge in [-0.1, -0.05) is 72.3 Å². The van der Waals surface area contributed by atoms with E-state index in [1.807, 2.05) is 48.7 Å². The predicted octanol–water partition coefficient (Wildman–Crippen LogP) is 6.17. The van der Waals surface area contributed by atoms with Crippen LogP contribution < -0.4 is 15.0 Å². The lowest BCUT2D eigenvalue weighted by Gasteiger charge is -2.26. The molecular weight excluding hydrogens is 514 g/mol. The zero-order valence-electron chi connectivity index (χ0n) is 20.9. The van der Waals surface area contributed by atoms with Crippen molar-refractivity contribution in [1.29, 1.82) is 0 Å². The Morgan fingerprint density at radius 1 is 0.897 bits per heavy atom. The number of benzene rings is 4. The standard InChI is InChI=1S/C31H22ClN3O4/c1-39-28-14-13-22(16-26(28)32)35-30(37)25(29(36)33-31(35)38)15-21-18-34(27-12-5-4-11-24(21)27)17-20-9-6-8-19-7-2-3-10-23(19)20/h2-16,18H,17H2,1H3,(H,33,36,38)/b25-15+. The Morgan fingerprint density at radius 3 is 2.44 bits per heavy atom. The first-order valence-corrected chi connectivity index (χ1v) is 12.6. The molecule has 0 atom stereocenters. The van der Waals surface area contributed by atoms with Crippen LogP contribution in [0.1, 0.15) is 11.1 Å². The number of carbonyl (C=O) groups is 3. The third-order valence-corrected chi connectivity index (χ3v) is 7.13. The number of hydrogen-bond donors (Lipinski definition) is 1. The summed E-state index contributed by atoms with van der Waals surface area (Å²) in [5.74, 6) is -1.10. The Kier molecular flexibility index (Phi) is 6.13. The summed E-state index contributed by atoms with van der Waals surface area (Å²) in [6.07, 6.45) is 3.45. The highest BCUT2D eigenvalue weighted by Gasteiger charge is 2.37. The number of amides is 4. The number of ether oxygens (including phenoxy) is 1. The van der Waals surface area contributed by atoms with Gasteiger partial charge in [-0.05, 0) is 46.7 Å². The lowest BCUT2D eigenvalue weighted by Crippen LogP contribution is -2.54. The number of urea groups is 1. The number of halogens is 1. The first kappa shape index (κ1) is 24.5. The first-order chi connectivity index (χ1) is 18.9. The van der Waals surface area contributed by atoms with E-state index in [2.05, 4.69) is 34.1 Å². The number of anilines is 1. The molecule has 0 saturated carbocycles. The number of methoxy groups -OCH3 is 1. The fourth-order valence-corrected chi connectivity index (χ4v) is 5.23. The number of aromatic nitrogens is 1. The van der Waals surface area contributed by atoms with Crippen LogP contribution in [0.4, 0.5) is 10.5 Å². The summed E-state index contributed by atoms with van der Waals surface area (Å²) >= 11 is 6.23. The molecule has 6 rings (SSSR count). The summed E-state index contributed by atoms with van der Waals surface area (Å²) in [7, 11) is 1.47. The monoisotopic (exact) mass is 535 g/mol. The van der Waals surface area contributed by atoms with Gasteiger partial charge in [-0.2, -0.15) is 0 Å². The Hall–Kier alpha value is -4.88. The molecule has 1 aliphatic rings. The minimum atomic E-state index is -0.846. The summed E-state index contributed by atoms with van der Waals surface area (Å²) in [6, 6.07) is 25.9. The van der Waals surface area contributed by atoms with Crippen LogP contribution in [0.5, 0.6) is 5.75 Å². The number of para-hydroxylation sites is 1. The van der Waals surface area contributed by atoms with E-state index in [-0.39, 0.29) is 16.3 Å². The molecular formula is C31H22ClN3O4. The van der Waals surface area contributed by atoms with E-state index >= 15 is 0 Å². The van der Waals surface area contributed by atoms with E-state index in [9.17, 15) is 14.4 Å². The number of fused-ring (bicyclic) bond motifs is 2. The third kappa shape index (κ3) is 4.32. The molecule has 1 fully saturated rings. The smallest absolute Gasteiger partial charge is 0.335 e. The van der Waals surface area contributed by atoms with Gasteiger partial charge in [-0.3, -0.25) is 14.9 Å². The second kappa shape index (κ2) is 9.78. The molecule has 0 bridgehead atoms. The number of hydrogen-bond acceptors (Lipinski definition) is 4. The predicted molar refractivity (Wildman–Crippen MR) is 152 cm³/mol. The Balaban J connectivity index is 1.42. The van der Waals surface area contributed by atoms with E-state index in [4.69, 9.17) is 16.3 Å². The molecule has 7 nitrogen and oxygen atoms in total. The maximum Gasteiger partial charge on any atom is 0.335 e. The second-order valence-electron chi connectivity index (χ2n) is 9.14. The van der Waals surface area contributed by atoms with Crippen LogP contribution in [-0.4, -0.2) is 29.5 Å². The molecule has 0 radical (unpaired) electrons.